The molecule has 6 nitrogen and oxygen atoms in total. The van der Waals surface area contributed by atoms with Crippen LogP contribution in [0.2, 0.25) is 0 Å². The van der Waals surface area contributed by atoms with E-state index in [9.17, 15) is 0 Å². The Kier molecular flexibility index (Phi) is 5.87. The van der Waals surface area contributed by atoms with Crippen LogP contribution in [0.3, 0.4) is 0 Å². The lowest BCUT2D eigenvalue weighted by Gasteiger charge is -2.19. The molecule has 0 spiro atoms. The van der Waals surface area contributed by atoms with Gasteiger partial charge in [-0.3, -0.25) is 4.57 Å². The molecule has 34 heavy (non-hydrogen) atoms. The van der Waals surface area contributed by atoms with Crippen molar-refractivity contribution in [3.63, 3.8) is 0 Å². The largest absolute Gasteiger partial charge is 0.497 e. The van der Waals surface area contributed by atoms with Crippen molar-refractivity contribution in [1.82, 2.24) is 24.7 Å². The first-order valence-electron chi connectivity index (χ1n) is 11.2. The van der Waals surface area contributed by atoms with Crippen LogP contribution in [0.5, 0.6) is 5.75 Å². The molecule has 0 atom stereocenters. The van der Waals surface area contributed by atoms with Gasteiger partial charge in [-0.2, -0.15) is 0 Å². The molecule has 0 saturated heterocycles. The third kappa shape index (κ3) is 4.43. The molecule has 7 heteroatoms. The number of fused-ring (bicyclic) bond motifs is 1. The van der Waals surface area contributed by atoms with E-state index in [2.05, 4.69) is 64.8 Å². The van der Waals surface area contributed by atoms with Gasteiger partial charge in [0, 0.05) is 11.3 Å². The lowest BCUT2D eigenvalue weighted by atomic mass is 9.87. The van der Waals surface area contributed by atoms with E-state index < -0.39 is 0 Å². The normalized spacial score (nSPS) is 11.8. The summed E-state index contributed by atoms with van der Waals surface area (Å²) in [5.74, 6) is 3.18. The summed E-state index contributed by atoms with van der Waals surface area (Å²) in [6.07, 6.45) is 0. The topological polar surface area (TPSA) is 68.6 Å². The predicted molar refractivity (Wildman–Crippen MR) is 138 cm³/mol. The number of para-hydroxylation sites is 2. The second-order valence-corrected chi connectivity index (χ2v) is 10.1. The van der Waals surface area contributed by atoms with Crippen molar-refractivity contribution in [3.8, 4) is 22.8 Å². The molecule has 5 rings (SSSR count). The number of hydrogen-bond acceptors (Lipinski definition) is 5. The Morgan fingerprint density at radius 3 is 2.32 bits per heavy atom. The van der Waals surface area contributed by atoms with Crippen LogP contribution in [-0.2, 0) is 11.2 Å². The number of aromatic amines is 1. The van der Waals surface area contributed by atoms with Crippen LogP contribution in [-0.4, -0.2) is 31.8 Å². The average molecular weight is 470 g/mol. The van der Waals surface area contributed by atoms with E-state index in [1.807, 2.05) is 48.5 Å². The second kappa shape index (κ2) is 8.99. The highest BCUT2D eigenvalue weighted by Crippen LogP contribution is 2.32. The molecule has 0 aliphatic heterocycles. The summed E-state index contributed by atoms with van der Waals surface area (Å²) < 4.78 is 7.45. The van der Waals surface area contributed by atoms with Gasteiger partial charge in [0.2, 0.25) is 0 Å². The lowest BCUT2D eigenvalue weighted by molar-refractivity contribution is 0.414. The molecule has 2 aromatic heterocycles. The number of methoxy groups -OCH3 is 1. The number of aromatic nitrogens is 5. The molecule has 1 N–H and O–H groups in total. The zero-order valence-corrected chi connectivity index (χ0v) is 20.6. The fourth-order valence-corrected chi connectivity index (χ4v) is 4.66. The minimum absolute atomic E-state index is 0.0930. The van der Waals surface area contributed by atoms with Gasteiger partial charge in [0.05, 0.1) is 23.9 Å². The molecule has 5 aromatic rings. The Bertz CT molecular complexity index is 1380. The molecule has 0 aliphatic rings. The van der Waals surface area contributed by atoms with E-state index in [4.69, 9.17) is 9.72 Å². The van der Waals surface area contributed by atoms with Gasteiger partial charge in [-0.05, 0) is 47.4 Å². The molecule has 0 unspecified atom stereocenters. The molecule has 0 aliphatic carbocycles. The van der Waals surface area contributed by atoms with Gasteiger partial charge >= 0.3 is 0 Å². The standard InChI is InChI=1S/C27H27N5OS/c1-27(2,3)19-11-9-18(10-12-19)25-30-31-26(32(25)20-13-15-21(33-4)16-14-20)34-17-24-28-22-7-5-6-8-23(22)29-24/h5-16H,17H2,1-4H3,(H,28,29). The van der Waals surface area contributed by atoms with Crippen molar-refractivity contribution in [3.05, 3.63) is 84.2 Å². The number of imidazole rings is 1. The van der Waals surface area contributed by atoms with Crippen LogP contribution in [0.25, 0.3) is 28.1 Å². The fourth-order valence-electron chi connectivity index (χ4n) is 3.84. The zero-order chi connectivity index (χ0) is 23.7. The summed E-state index contributed by atoms with van der Waals surface area (Å²) >= 11 is 1.61. The Hall–Kier alpha value is -3.58. The molecular formula is C27H27N5OS. The number of nitrogens with one attached hydrogen (secondary N) is 1. The third-order valence-electron chi connectivity index (χ3n) is 5.75. The summed E-state index contributed by atoms with van der Waals surface area (Å²) in [5.41, 5.74) is 5.38. The van der Waals surface area contributed by atoms with Gasteiger partial charge in [0.25, 0.3) is 0 Å². The monoisotopic (exact) mass is 469 g/mol. The first-order chi connectivity index (χ1) is 16.4. The van der Waals surface area contributed by atoms with Crippen molar-refractivity contribution in [2.24, 2.45) is 0 Å². The number of benzene rings is 3. The van der Waals surface area contributed by atoms with Gasteiger partial charge in [0.1, 0.15) is 11.6 Å². The first kappa shape index (κ1) is 22.2. The Morgan fingerprint density at radius 1 is 0.912 bits per heavy atom. The number of hydrogen-bond donors (Lipinski definition) is 1. The molecular weight excluding hydrogens is 442 g/mol. The van der Waals surface area contributed by atoms with E-state index >= 15 is 0 Å². The first-order valence-corrected chi connectivity index (χ1v) is 12.2. The molecule has 0 amide bonds. The molecule has 0 fully saturated rings. The number of ether oxygens (including phenoxy) is 1. The third-order valence-corrected chi connectivity index (χ3v) is 6.69. The van der Waals surface area contributed by atoms with Crippen LogP contribution >= 0.6 is 11.8 Å². The van der Waals surface area contributed by atoms with Crippen LogP contribution < -0.4 is 4.74 Å². The average Bonchev–Trinajstić information content (AvgIpc) is 3.46. The highest BCUT2D eigenvalue weighted by Gasteiger charge is 2.19. The molecule has 172 valence electrons. The zero-order valence-electron chi connectivity index (χ0n) is 19.7. The van der Waals surface area contributed by atoms with Gasteiger partial charge in [-0.1, -0.05) is 68.9 Å². The number of rotatable bonds is 6. The maximum Gasteiger partial charge on any atom is 0.196 e. The molecule has 0 radical (unpaired) electrons. The predicted octanol–water partition coefficient (Wildman–Crippen LogP) is 6.41. The maximum atomic E-state index is 5.35. The van der Waals surface area contributed by atoms with Crippen LogP contribution in [0.1, 0.15) is 32.2 Å². The number of nitrogens with zero attached hydrogens (tertiary/aromatic N) is 4. The molecule has 0 bridgehead atoms. The molecule has 3 aromatic carbocycles. The number of thioether (sulfide) groups is 1. The Morgan fingerprint density at radius 2 is 1.65 bits per heavy atom. The summed E-state index contributed by atoms with van der Waals surface area (Å²) in [5, 5.41) is 9.94. The Labute approximate surface area is 203 Å². The summed E-state index contributed by atoms with van der Waals surface area (Å²) in [4.78, 5) is 8.09. The van der Waals surface area contributed by atoms with Crippen molar-refractivity contribution in [1.29, 1.82) is 0 Å². The van der Waals surface area contributed by atoms with Gasteiger partial charge in [-0.25, -0.2) is 4.98 Å². The lowest BCUT2D eigenvalue weighted by Crippen LogP contribution is -2.10. The van der Waals surface area contributed by atoms with Crippen LogP contribution in [0, 0.1) is 0 Å². The van der Waals surface area contributed by atoms with Crippen LogP contribution in [0.4, 0.5) is 0 Å². The van der Waals surface area contributed by atoms with E-state index in [0.717, 1.165) is 44.8 Å². The smallest absolute Gasteiger partial charge is 0.196 e. The van der Waals surface area contributed by atoms with E-state index in [1.165, 1.54) is 5.56 Å². The van der Waals surface area contributed by atoms with Gasteiger partial charge in [-0.15, -0.1) is 10.2 Å². The number of H-pyrrole nitrogens is 1. The second-order valence-electron chi connectivity index (χ2n) is 9.16. The SMILES string of the molecule is COc1ccc(-n2c(SCc3nc4ccccc4[nH]3)nnc2-c2ccc(C(C)(C)C)cc2)cc1. The van der Waals surface area contributed by atoms with Crippen molar-refractivity contribution >= 4 is 22.8 Å². The van der Waals surface area contributed by atoms with Crippen molar-refractivity contribution in [2.45, 2.75) is 37.1 Å². The minimum Gasteiger partial charge on any atom is -0.497 e. The summed E-state index contributed by atoms with van der Waals surface area (Å²) in [6.45, 7) is 6.65. The van der Waals surface area contributed by atoms with E-state index in [-0.39, 0.29) is 5.41 Å². The van der Waals surface area contributed by atoms with Gasteiger partial charge in [0.15, 0.2) is 11.0 Å². The highest BCUT2D eigenvalue weighted by molar-refractivity contribution is 7.98. The minimum atomic E-state index is 0.0930. The van der Waals surface area contributed by atoms with Crippen LogP contribution in [0.15, 0.2) is 78.0 Å². The van der Waals surface area contributed by atoms with Gasteiger partial charge < -0.3 is 9.72 Å². The van der Waals surface area contributed by atoms with Crippen molar-refractivity contribution < 1.29 is 4.74 Å². The Balaban J connectivity index is 1.51. The summed E-state index contributed by atoms with van der Waals surface area (Å²) in [7, 11) is 1.67. The van der Waals surface area contributed by atoms with E-state index in [1.54, 1.807) is 18.9 Å². The van der Waals surface area contributed by atoms with E-state index in [0.29, 0.717) is 5.75 Å². The fraction of sp³-hybridized carbons (Fsp3) is 0.222. The molecule has 2 heterocycles. The summed E-state index contributed by atoms with van der Waals surface area (Å²) in [6, 6.07) is 24.6. The quantitative estimate of drug-likeness (QED) is 0.291. The highest BCUT2D eigenvalue weighted by atomic mass is 32.2. The molecule has 0 saturated carbocycles. The maximum absolute atomic E-state index is 5.35. The van der Waals surface area contributed by atoms with Crippen molar-refractivity contribution in [2.75, 3.05) is 7.11 Å².